The first-order valence-electron chi connectivity index (χ1n) is 7.89. The summed E-state index contributed by atoms with van der Waals surface area (Å²) < 4.78 is 11.0. The number of methoxy groups -OCH3 is 2. The Labute approximate surface area is 122 Å². The highest BCUT2D eigenvalue weighted by molar-refractivity contribution is 5.94. The zero-order valence-corrected chi connectivity index (χ0v) is 13.3. The van der Waals surface area contributed by atoms with Crippen LogP contribution >= 0.6 is 0 Å². The van der Waals surface area contributed by atoms with E-state index >= 15 is 0 Å². The molecule has 0 saturated heterocycles. The van der Waals surface area contributed by atoms with Gasteiger partial charge in [0.05, 0.1) is 14.2 Å². The molecule has 20 heavy (non-hydrogen) atoms. The van der Waals surface area contributed by atoms with Gasteiger partial charge in [-0.3, -0.25) is 0 Å². The van der Waals surface area contributed by atoms with Crippen LogP contribution < -0.4 is 0 Å². The quantitative estimate of drug-likeness (QED) is 0.794. The zero-order valence-electron chi connectivity index (χ0n) is 13.3. The van der Waals surface area contributed by atoms with E-state index in [0.717, 1.165) is 24.1 Å². The third kappa shape index (κ3) is 3.53. The van der Waals surface area contributed by atoms with Gasteiger partial charge in [-0.15, -0.1) is 0 Å². The van der Waals surface area contributed by atoms with E-state index < -0.39 is 0 Å². The molecular formula is C16H28N2O2. The summed E-state index contributed by atoms with van der Waals surface area (Å²) in [5.74, 6) is 2.68. The van der Waals surface area contributed by atoms with Crippen LogP contribution in [0.4, 0.5) is 0 Å². The van der Waals surface area contributed by atoms with Gasteiger partial charge in [0.1, 0.15) is 12.1 Å². The van der Waals surface area contributed by atoms with E-state index in [1.807, 2.05) is 0 Å². The number of hydrogen-bond acceptors (Lipinski definition) is 4. The average Bonchev–Trinajstić information content (AvgIpc) is 2.47. The minimum Gasteiger partial charge on any atom is -0.483 e. The van der Waals surface area contributed by atoms with Crippen LogP contribution in [0.2, 0.25) is 0 Å². The van der Waals surface area contributed by atoms with Crippen molar-refractivity contribution >= 4 is 11.8 Å². The maximum atomic E-state index is 5.51. The molecule has 1 aliphatic carbocycles. The second kappa shape index (κ2) is 7.09. The minimum atomic E-state index is -0.00226. The number of nitrogens with zero attached hydrogens (tertiary/aromatic N) is 2. The standard InChI is InChI=1S/C16H28N2O2/c1-11(2)14-16(20-4)17-13(15(18-14)19-3)10-12-8-6-5-7-9-12/h11-14H,5-10H2,1-4H3/t13-,14?/m0/s1. The van der Waals surface area contributed by atoms with Crippen molar-refractivity contribution in [1.82, 2.24) is 0 Å². The molecule has 4 heteroatoms. The van der Waals surface area contributed by atoms with Crippen LogP contribution in [0.5, 0.6) is 0 Å². The molecule has 0 amide bonds. The fourth-order valence-electron chi connectivity index (χ4n) is 3.25. The number of aliphatic imine (C=N–C) groups is 2. The molecule has 1 aliphatic heterocycles. The Kier molecular flexibility index (Phi) is 5.44. The smallest absolute Gasteiger partial charge is 0.209 e. The Morgan fingerprint density at radius 1 is 1.00 bits per heavy atom. The SMILES string of the molecule is COC1=N[C@@H](CC2CCCCC2)C(OC)=NC1C(C)C. The van der Waals surface area contributed by atoms with Crippen molar-refractivity contribution in [3.63, 3.8) is 0 Å². The first-order valence-corrected chi connectivity index (χ1v) is 7.89. The molecule has 1 saturated carbocycles. The second-order valence-electron chi connectivity index (χ2n) is 6.29. The Bertz CT molecular complexity index is 371. The summed E-state index contributed by atoms with van der Waals surface area (Å²) in [4.78, 5) is 9.53. The summed E-state index contributed by atoms with van der Waals surface area (Å²) in [6.45, 7) is 4.27. The van der Waals surface area contributed by atoms with Crippen LogP contribution in [0.15, 0.2) is 9.98 Å². The molecule has 114 valence electrons. The summed E-state index contributed by atoms with van der Waals surface area (Å²) >= 11 is 0. The topological polar surface area (TPSA) is 43.2 Å². The van der Waals surface area contributed by atoms with Crippen molar-refractivity contribution in [3.05, 3.63) is 0 Å². The van der Waals surface area contributed by atoms with Crippen LogP contribution in [0, 0.1) is 11.8 Å². The van der Waals surface area contributed by atoms with Gasteiger partial charge in [0.15, 0.2) is 0 Å². The molecule has 0 aromatic carbocycles. The lowest BCUT2D eigenvalue weighted by Gasteiger charge is -2.30. The fraction of sp³-hybridized carbons (Fsp3) is 0.875. The molecule has 2 rings (SSSR count). The summed E-state index contributed by atoms with van der Waals surface area (Å²) in [5.41, 5.74) is 0. The van der Waals surface area contributed by atoms with Gasteiger partial charge in [-0.25, -0.2) is 9.98 Å². The lowest BCUT2D eigenvalue weighted by molar-refractivity contribution is 0.296. The molecule has 2 atom stereocenters. The van der Waals surface area contributed by atoms with Gasteiger partial charge in [-0.2, -0.15) is 0 Å². The highest BCUT2D eigenvalue weighted by atomic mass is 16.5. The lowest BCUT2D eigenvalue weighted by Crippen LogP contribution is -2.38. The normalized spacial score (nSPS) is 28.1. The first kappa shape index (κ1) is 15.3. The highest BCUT2D eigenvalue weighted by Gasteiger charge is 2.32. The second-order valence-corrected chi connectivity index (χ2v) is 6.29. The third-order valence-electron chi connectivity index (χ3n) is 4.42. The highest BCUT2D eigenvalue weighted by Crippen LogP contribution is 2.30. The summed E-state index contributed by atoms with van der Waals surface area (Å²) in [7, 11) is 3.40. The van der Waals surface area contributed by atoms with Crippen LogP contribution in [-0.4, -0.2) is 38.1 Å². The van der Waals surface area contributed by atoms with Crippen LogP contribution in [-0.2, 0) is 9.47 Å². The Hall–Kier alpha value is -1.06. The van der Waals surface area contributed by atoms with Crippen molar-refractivity contribution in [2.75, 3.05) is 14.2 Å². The van der Waals surface area contributed by atoms with Gasteiger partial charge in [0.2, 0.25) is 11.8 Å². The first-order chi connectivity index (χ1) is 9.65. The van der Waals surface area contributed by atoms with Crippen molar-refractivity contribution in [3.8, 4) is 0 Å². The molecule has 0 aromatic heterocycles. The summed E-state index contributed by atoms with van der Waals surface area (Å²) in [5, 5.41) is 0. The zero-order chi connectivity index (χ0) is 14.5. The lowest BCUT2D eigenvalue weighted by atomic mass is 9.84. The predicted molar refractivity (Wildman–Crippen MR) is 82.5 cm³/mol. The molecular weight excluding hydrogens is 252 g/mol. The molecule has 1 unspecified atom stereocenters. The van der Waals surface area contributed by atoms with Gasteiger partial charge in [-0.1, -0.05) is 46.0 Å². The van der Waals surface area contributed by atoms with E-state index in [-0.39, 0.29) is 12.1 Å². The summed E-state index contributed by atoms with van der Waals surface area (Å²) in [6.07, 6.45) is 7.77. The minimum absolute atomic E-state index is 0.00226. The predicted octanol–water partition coefficient (Wildman–Crippen LogP) is 3.45. The Morgan fingerprint density at radius 2 is 1.65 bits per heavy atom. The Balaban J connectivity index is 2.10. The molecule has 1 fully saturated rings. The van der Waals surface area contributed by atoms with E-state index in [9.17, 15) is 0 Å². The van der Waals surface area contributed by atoms with Crippen molar-refractivity contribution < 1.29 is 9.47 Å². The van der Waals surface area contributed by atoms with Gasteiger partial charge in [0.25, 0.3) is 0 Å². The third-order valence-corrected chi connectivity index (χ3v) is 4.42. The van der Waals surface area contributed by atoms with Gasteiger partial charge in [-0.05, 0) is 18.3 Å². The largest absolute Gasteiger partial charge is 0.483 e. The molecule has 2 aliphatic rings. The van der Waals surface area contributed by atoms with Gasteiger partial charge >= 0.3 is 0 Å². The maximum Gasteiger partial charge on any atom is 0.209 e. The van der Waals surface area contributed by atoms with Crippen LogP contribution in [0.1, 0.15) is 52.4 Å². The van der Waals surface area contributed by atoms with Crippen LogP contribution in [0.3, 0.4) is 0 Å². The molecule has 4 nitrogen and oxygen atoms in total. The van der Waals surface area contributed by atoms with Crippen molar-refractivity contribution in [1.29, 1.82) is 0 Å². The number of ether oxygens (including phenoxy) is 2. The number of hydrogen-bond donors (Lipinski definition) is 0. The molecule has 0 bridgehead atoms. The maximum absolute atomic E-state index is 5.51. The van der Waals surface area contributed by atoms with E-state index in [0.29, 0.717) is 5.92 Å². The molecule has 0 aromatic rings. The monoisotopic (exact) mass is 280 g/mol. The van der Waals surface area contributed by atoms with Crippen molar-refractivity contribution in [2.24, 2.45) is 21.8 Å². The van der Waals surface area contributed by atoms with E-state index in [1.54, 1.807) is 14.2 Å². The summed E-state index contributed by atoms with van der Waals surface area (Å²) in [6, 6.07) is 0.0469. The Morgan fingerprint density at radius 3 is 2.20 bits per heavy atom. The van der Waals surface area contributed by atoms with E-state index in [1.165, 1.54) is 32.1 Å². The fourth-order valence-corrected chi connectivity index (χ4v) is 3.25. The van der Waals surface area contributed by atoms with Crippen molar-refractivity contribution in [2.45, 2.75) is 64.5 Å². The van der Waals surface area contributed by atoms with E-state index in [2.05, 4.69) is 13.8 Å². The van der Waals surface area contributed by atoms with Gasteiger partial charge < -0.3 is 9.47 Å². The molecule has 0 N–H and O–H groups in total. The van der Waals surface area contributed by atoms with Gasteiger partial charge in [0, 0.05) is 0 Å². The molecule has 1 heterocycles. The molecule has 0 radical (unpaired) electrons. The average molecular weight is 280 g/mol. The van der Waals surface area contributed by atoms with E-state index in [4.69, 9.17) is 19.5 Å². The van der Waals surface area contributed by atoms with Crippen LogP contribution in [0.25, 0.3) is 0 Å². The molecule has 0 spiro atoms. The number of rotatable bonds is 3.